The first-order valence-corrected chi connectivity index (χ1v) is 8.48. The van der Waals surface area contributed by atoms with Gasteiger partial charge in [-0.05, 0) is 49.1 Å². The van der Waals surface area contributed by atoms with Crippen LogP contribution in [-0.4, -0.2) is 13.1 Å². The van der Waals surface area contributed by atoms with Gasteiger partial charge in [-0.15, -0.1) is 0 Å². The Kier molecular flexibility index (Phi) is 6.55. The number of carbonyl (C=O) groups excluding carboxylic acids is 1. The number of amides is 2. The van der Waals surface area contributed by atoms with Crippen molar-refractivity contribution < 1.29 is 18.3 Å². The van der Waals surface area contributed by atoms with Crippen molar-refractivity contribution in [3.05, 3.63) is 58.1 Å². The third-order valence-corrected chi connectivity index (χ3v) is 4.31. The number of hydrogen-bond donors (Lipinski definition) is 2. The van der Waals surface area contributed by atoms with Gasteiger partial charge in [0.2, 0.25) is 0 Å². The molecule has 0 radical (unpaired) electrons. The second-order valence-electron chi connectivity index (χ2n) is 6.06. The zero-order valence-electron chi connectivity index (χ0n) is 15.5. The summed E-state index contributed by atoms with van der Waals surface area (Å²) < 4.78 is 32.7. The van der Waals surface area contributed by atoms with E-state index in [0.29, 0.717) is 11.4 Å². The lowest BCUT2D eigenvalue weighted by atomic mass is 10.0. The van der Waals surface area contributed by atoms with Crippen LogP contribution in [0.15, 0.2) is 30.3 Å². The average molecular weight is 362 g/mol. The number of ether oxygens (including phenoxy) is 1. The van der Waals surface area contributed by atoms with Crippen molar-refractivity contribution in [1.82, 2.24) is 5.32 Å². The number of urea groups is 1. The highest BCUT2D eigenvalue weighted by Crippen LogP contribution is 2.31. The van der Waals surface area contributed by atoms with E-state index in [1.807, 2.05) is 26.0 Å². The van der Waals surface area contributed by atoms with E-state index in [0.717, 1.165) is 17.5 Å². The minimum Gasteiger partial charge on any atom is -0.489 e. The maximum atomic E-state index is 13.4. The van der Waals surface area contributed by atoms with Gasteiger partial charge >= 0.3 is 6.03 Å². The zero-order chi connectivity index (χ0) is 19.3. The fourth-order valence-electron chi connectivity index (χ4n) is 2.81. The third kappa shape index (κ3) is 4.50. The molecule has 0 fully saturated rings. The second-order valence-corrected chi connectivity index (χ2v) is 6.06. The molecular formula is C20H24F2N2O2. The molecule has 0 spiro atoms. The van der Waals surface area contributed by atoms with E-state index >= 15 is 0 Å². The van der Waals surface area contributed by atoms with Crippen LogP contribution in [0.4, 0.5) is 19.3 Å². The molecular weight excluding hydrogens is 338 g/mol. The molecule has 0 unspecified atom stereocenters. The molecule has 26 heavy (non-hydrogen) atoms. The smallest absolute Gasteiger partial charge is 0.318 e. The van der Waals surface area contributed by atoms with Crippen molar-refractivity contribution in [3.8, 4) is 5.75 Å². The van der Waals surface area contributed by atoms with Gasteiger partial charge in [0, 0.05) is 23.9 Å². The van der Waals surface area contributed by atoms with Crippen LogP contribution in [0, 0.1) is 13.8 Å². The molecule has 4 nitrogen and oxygen atoms in total. The molecule has 2 N–H and O–H groups in total. The standard InChI is InChI=1S/C20H24F2N2O2/c1-5-14-9-13(3)18(10-12(14)2)26-11-16-15(19(21)22)7-6-8-17(16)24-20(25)23-4/h6-10,19H,5,11H2,1-4H3,(H2,23,24,25). The Balaban J connectivity index is 2.33. The number of nitrogens with one attached hydrogen (secondary N) is 2. The Morgan fingerprint density at radius 3 is 2.54 bits per heavy atom. The normalized spacial score (nSPS) is 10.7. The fraction of sp³-hybridized carbons (Fsp3) is 0.350. The minimum atomic E-state index is -2.66. The van der Waals surface area contributed by atoms with Crippen LogP contribution in [0.3, 0.4) is 0 Å². The van der Waals surface area contributed by atoms with E-state index in [4.69, 9.17) is 4.74 Å². The van der Waals surface area contributed by atoms with E-state index in [-0.39, 0.29) is 17.7 Å². The van der Waals surface area contributed by atoms with Crippen molar-refractivity contribution in [1.29, 1.82) is 0 Å². The molecule has 2 amide bonds. The summed E-state index contributed by atoms with van der Waals surface area (Å²) in [5.74, 6) is 0.648. The molecule has 140 valence electrons. The van der Waals surface area contributed by atoms with Crippen molar-refractivity contribution in [2.45, 2.75) is 40.2 Å². The van der Waals surface area contributed by atoms with E-state index in [9.17, 15) is 13.6 Å². The van der Waals surface area contributed by atoms with E-state index in [2.05, 4.69) is 17.6 Å². The van der Waals surface area contributed by atoms with Gasteiger partial charge in [-0.1, -0.05) is 25.1 Å². The quantitative estimate of drug-likeness (QED) is 0.748. The Bertz CT molecular complexity index is 792. The minimum absolute atomic E-state index is 0.0639. The van der Waals surface area contributed by atoms with Gasteiger partial charge in [0.15, 0.2) is 0 Å². The fourth-order valence-corrected chi connectivity index (χ4v) is 2.81. The lowest BCUT2D eigenvalue weighted by Gasteiger charge is -2.18. The molecule has 0 aromatic heterocycles. The summed E-state index contributed by atoms with van der Waals surface area (Å²) in [6.07, 6.45) is -1.74. The predicted octanol–water partition coefficient (Wildman–Crippen LogP) is 5.13. The lowest BCUT2D eigenvalue weighted by Crippen LogP contribution is -2.25. The number of anilines is 1. The predicted molar refractivity (Wildman–Crippen MR) is 99.1 cm³/mol. The van der Waals surface area contributed by atoms with Crippen LogP contribution < -0.4 is 15.4 Å². The van der Waals surface area contributed by atoms with Gasteiger partial charge in [-0.3, -0.25) is 0 Å². The van der Waals surface area contributed by atoms with Crippen molar-refractivity contribution in [2.24, 2.45) is 0 Å². The van der Waals surface area contributed by atoms with Gasteiger partial charge < -0.3 is 15.4 Å². The SMILES string of the molecule is CCc1cc(C)c(OCc2c(NC(=O)NC)cccc2C(F)F)cc1C. The van der Waals surface area contributed by atoms with Gasteiger partial charge in [0.25, 0.3) is 6.43 Å². The maximum Gasteiger partial charge on any atom is 0.318 e. The summed E-state index contributed by atoms with van der Waals surface area (Å²) >= 11 is 0. The van der Waals surface area contributed by atoms with Crippen molar-refractivity contribution in [2.75, 3.05) is 12.4 Å². The van der Waals surface area contributed by atoms with E-state index < -0.39 is 12.5 Å². The van der Waals surface area contributed by atoms with Crippen LogP contribution in [-0.2, 0) is 13.0 Å². The van der Waals surface area contributed by atoms with Crippen molar-refractivity contribution >= 4 is 11.7 Å². The van der Waals surface area contributed by atoms with E-state index in [1.165, 1.54) is 24.7 Å². The molecule has 2 rings (SSSR count). The monoisotopic (exact) mass is 362 g/mol. The first-order chi connectivity index (χ1) is 12.4. The first kappa shape index (κ1) is 19.7. The summed E-state index contributed by atoms with van der Waals surface area (Å²) in [5.41, 5.74) is 3.69. The van der Waals surface area contributed by atoms with Crippen LogP contribution in [0.5, 0.6) is 5.75 Å². The van der Waals surface area contributed by atoms with Crippen molar-refractivity contribution in [3.63, 3.8) is 0 Å². The molecule has 0 saturated carbocycles. The molecule has 6 heteroatoms. The van der Waals surface area contributed by atoms with Gasteiger partial charge in [-0.25, -0.2) is 13.6 Å². The van der Waals surface area contributed by atoms with Gasteiger partial charge in [0.1, 0.15) is 12.4 Å². The Morgan fingerprint density at radius 2 is 1.92 bits per heavy atom. The Hall–Kier alpha value is -2.63. The first-order valence-electron chi connectivity index (χ1n) is 8.48. The second kappa shape index (κ2) is 8.65. The molecule has 2 aromatic carbocycles. The molecule has 0 heterocycles. The van der Waals surface area contributed by atoms with E-state index in [1.54, 1.807) is 6.07 Å². The molecule has 0 aliphatic rings. The van der Waals surface area contributed by atoms with Gasteiger partial charge in [-0.2, -0.15) is 0 Å². The number of alkyl halides is 2. The topological polar surface area (TPSA) is 50.4 Å². The summed E-state index contributed by atoms with van der Waals surface area (Å²) in [6, 6.07) is 7.91. The Labute approximate surface area is 152 Å². The highest BCUT2D eigenvalue weighted by atomic mass is 19.3. The number of rotatable bonds is 6. The van der Waals surface area contributed by atoms with Gasteiger partial charge in [0.05, 0.1) is 0 Å². The molecule has 2 aromatic rings. The number of benzene rings is 2. The third-order valence-electron chi connectivity index (χ3n) is 4.31. The Morgan fingerprint density at radius 1 is 1.19 bits per heavy atom. The molecule has 0 bridgehead atoms. The van der Waals surface area contributed by atoms with Crippen LogP contribution in [0.25, 0.3) is 0 Å². The maximum absolute atomic E-state index is 13.4. The summed E-state index contributed by atoms with van der Waals surface area (Å²) in [4.78, 5) is 11.6. The average Bonchev–Trinajstić information content (AvgIpc) is 2.62. The molecule has 0 aliphatic heterocycles. The number of aryl methyl sites for hydroxylation is 3. The largest absolute Gasteiger partial charge is 0.489 e. The number of halogens is 2. The molecule has 0 aliphatic carbocycles. The number of hydrogen-bond acceptors (Lipinski definition) is 2. The summed E-state index contributed by atoms with van der Waals surface area (Å²) in [6.45, 7) is 5.94. The van der Waals surface area contributed by atoms with Crippen LogP contribution >= 0.6 is 0 Å². The highest BCUT2D eigenvalue weighted by Gasteiger charge is 2.18. The summed E-state index contributed by atoms with van der Waals surface area (Å²) in [5, 5.41) is 4.99. The van der Waals surface area contributed by atoms with Crippen LogP contribution in [0.2, 0.25) is 0 Å². The molecule has 0 saturated heterocycles. The highest BCUT2D eigenvalue weighted by molar-refractivity contribution is 5.90. The van der Waals surface area contributed by atoms with Crippen LogP contribution in [0.1, 0.15) is 41.2 Å². The molecule has 0 atom stereocenters. The summed E-state index contributed by atoms with van der Waals surface area (Å²) in [7, 11) is 1.46. The number of carbonyl (C=O) groups is 1. The lowest BCUT2D eigenvalue weighted by molar-refractivity contribution is 0.148. The zero-order valence-corrected chi connectivity index (χ0v) is 15.5.